The van der Waals surface area contributed by atoms with Crippen LogP contribution in [-0.4, -0.2) is 38.7 Å². The lowest BCUT2D eigenvalue weighted by Crippen LogP contribution is -2.11. The van der Waals surface area contributed by atoms with E-state index in [0.717, 1.165) is 23.3 Å². The van der Waals surface area contributed by atoms with E-state index >= 15 is 0 Å². The zero-order valence-electron chi connectivity index (χ0n) is 16.7. The molecule has 0 unspecified atom stereocenters. The topological polar surface area (TPSA) is 90.9 Å². The fraction of sp³-hybridized carbons (Fsp3) is 0.286. The van der Waals surface area contributed by atoms with Crippen LogP contribution in [0.3, 0.4) is 0 Å². The Morgan fingerprint density at radius 3 is 2.45 bits per heavy atom. The molecule has 1 aromatic heterocycles. The molecule has 2 aromatic rings. The quantitative estimate of drug-likeness (QED) is 0.514. The van der Waals surface area contributed by atoms with Crippen molar-refractivity contribution in [2.24, 2.45) is 0 Å². The van der Waals surface area contributed by atoms with E-state index in [0.29, 0.717) is 17.9 Å². The number of nitrogens with one attached hydrogen (secondary N) is 1. The van der Waals surface area contributed by atoms with Gasteiger partial charge in [0.25, 0.3) is 0 Å². The highest BCUT2D eigenvalue weighted by Gasteiger charge is 2.26. The zero-order valence-corrected chi connectivity index (χ0v) is 17.6. The monoisotopic (exact) mass is 417 g/mol. The number of ether oxygens (including phenoxy) is 3. The van der Waals surface area contributed by atoms with E-state index in [4.69, 9.17) is 14.2 Å². The summed E-state index contributed by atoms with van der Waals surface area (Å²) in [5, 5.41) is 2.86. The van der Waals surface area contributed by atoms with Crippen molar-refractivity contribution in [2.75, 3.05) is 26.1 Å². The molecule has 2 rings (SSSR count). The molecule has 29 heavy (non-hydrogen) atoms. The van der Waals surface area contributed by atoms with Gasteiger partial charge in [-0.05, 0) is 31.1 Å². The lowest BCUT2D eigenvalue weighted by atomic mass is 10.1. The van der Waals surface area contributed by atoms with Gasteiger partial charge in [0.1, 0.15) is 15.6 Å². The molecule has 1 heterocycles. The van der Waals surface area contributed by atoms with Crippen molar-refractivity contribution in [3.05, 3.63) is 51.9 Å². The summed E-state index contributed by atoms with van der Waals surface area (Å²) in [6.07, 6.45) is 3.83. The molecule has 1 amide bonds. The van der Waals surface area contributed by atoms with Crippen molar-refractivity contribution in [1.82, 2.24) is 0 Å². The number of rotatable bonds is 8. The van der Waals surface area contributed by atoms with Crippen LogP contribution in [0.2, 0.25) is 0 Å². The van der Waals surface area contributed by atoms with Crippen LogP contribution in [-0.2, 0) is 14.3 Å². The Bertz CT molecular complexity index is 931. The van der Waals surface area contributed by atoms with Gasteiger partial charge in [-0.1, -0.05) is 25.1 Å². The normalized spacial score (nSPS) is 10.6. The van der Waals surface area contributed by atoms with Gasteiger partial charge in [0, 0.05) is 11.6 Å². The number of anilines is 1. The van der Waals surface area contributed by atoms with Crippen molar-refractivity contribution < 1.29 is 28.6 Å². The number of esters is 2. The number of thiophene rings is 1. The number of methoxy groups -OCH3 is 2. The first-order valence-corrected chi connectivity index (χ1v) is 9.75. The van der Waals surface area contributed by atoms with Crippen LogP contribution in [0, 0.1) is 6.92 Å². The van der Waals surface area contributed by atoms with Crippen LogP contribution in [0.25, 0.3) is 6.08 Å². The van der Waals surface area contributed by atoms with Gasteiger partial charge >= 0.3 is 11.9 Å². The van der Waals surface area contributed by atoms with E-state index in [1.54, 1.807) is 13.0 Å². The summed E-state index contributed by atoms with van der Waals surface area (Å²) in [5.41, 5.74) is 1.28. The van der Waals surface area contributed by atoms with Crippen LogP contribution in [0.4, 0.5) is 5.00 Å². The second-order valence-electron chi connectivity index (χ2n) is 5.95. The van der Waals surface area contributed by atoms with Crippen molar-refractivity contribution in [2.45, 2.75) is 20.3 Å². The molecule has 0 aliphatic carbocycles. The maximum absolute atomic E-state index is 12.4. The lowest BCUT2D eigenvalue weighted by Gasteiger charge is -2.07. The molecule has 0 atom stereocenters. The first-order valence-electron chi connectivity index (χ1n) is 8.93. The molecular formula is C21H23NO6S. The van der Waals surface area contributed by atoms with Gasteiger partial charge in [0.2, 0.25) is 5.91 Å². The van der Waals surface area contributed by atoms with Gasteiger partial charge in [-0.15, -0.1) is 11.3 Å². The standard InChI is InChI=1S/C21H23NO6S/c1-5-12-28-15-9-7-6-8-14(15)10-11-16(23)22-19-17(20(24)26-3)13(2)18(29-19)21(25)27-4/h6-11H,5,12H2,1-4H3,(H,22,23)/b11-10+. The molecule has 1 aromatic carbocycles. The second-order valence-corrected chi connectivity index (χ2v) is 6.97. The summed E-state index contributed by atoms with van der Waals surface area (Å²) < 4.78 is 15.2. The third kappa shape index (κ3) is 5.45. The highest BCUT2D eigenvalue weighted by molar-refractivity contribution is 7.18. The van der Waals surface area contributed by atoms with Gasteiger partial charge < -0.3 is 19.5 Å². The Hall–Kier alpha value is -3.13. The Labute approximate surface area is 173 Å². The summed E-state index contributed by atoms with van der Waals surface area (Å²) >= 11 is 0.961. The van der Waals surface area contributed by atoms with Gasteiger partial charge in [-0.2, -0.15) is 0 Å². The average molecular weight is 417 g/mol. The third-order valence-corrected chi connectivity index (χ3v) is 5.13. The van der Waals surface area contributed by atoms with Crippen LogP contribution < -0.4 is 10.1 Å². The third-order valence-electron chi connectivity index (χ3n) is 3.94. The number of amides is 1. The molecule has 0 aliphatic heterocycles. The van der Waals surface area contributed by atoms with Gasteiger partial charge in [0.15, 0.2) is 0 Å². The van der Waals surface area contributed by atoms with Crippen LogP contribution >= 0.6 is 11.3 Å². The lowest BCUT2D eigenvalue weighted by molar-refractivity contribution is -0.111. The summed E-state index contributed by atoms with van der Waals surface area (Å²) in [5.74, 6) is -1.02. The minimum Gasteiger partial charge on any atom is -0.493 e. The Kier molecular flexibility index (Phi) is 7.97. The summed E-state index contributed by atoms with van der Waals surface area (Å²) in [6.45, 7) is 4.18. The first-order chi connectivity index (χ1) is 13.9. The molecule has 0 fully saturated rings. The Morgan fingerprint density at radius 1 is 1.10 bits per heavy atom. The SMILES string of the molecule is CCCOc1ccccc1/C=C/C(=O)Nc1sc(C(=O)OC)c(C)c1C(=O)OC. The summed E-state index contributed by atoms with van der Waals surface area (Å²) in [4.78, 5) is 36.7. The minimum absolute atomic E-state index is 0.131. The highest BCUT2D eigenvalue weighted by Crippen LogP contribution is 2.34. The fourth-order valence-corrected chi connectivity index (χ4v) is 3.63. The van der Waals surface area contributed by atoms with Gasteiger partial charge in [-0.3, -0.25) is 4.79 Å². The summed E-state index contributed by atoms with van der Waals surface area (Å²) in [6, 6.07) is 7.36. The fourth-order valence-electron chi connectivity index (χ4n) is 2.52. The molecule has 0 radical (unpaired) electrons. The zero-order chi connectivity index (χ0) is 21.4. The average Bonchev–Trinajstić information content (AvgIpc) is 3.05. The molecule has 0 aliphatic rings. The van der Waals surface area contributed by atoms with Crippen LogP contribution in [0.15, 0.2) is 30.3 Å². The van der Waals surface area contributed by atoms with E-state index in [-0.39, 0.29) is 15.4 Å². The Morgan fingerprint density at radius 2 is 1.79 bits per heavy atom. The molecule has 0 saturated carbocycles. The first kappa shape index (κ1) is 22.2. The second kappa shape index (κ2) is 10.4. The summed E-state index contributed by atoms with van der Waals surface area (Å²) in [7, 11) is 2.48. The minimum atomic E-state index is -0.647. The van der Waals surface area contributed by atoms with E-state index in [1.807, 2.05) is 31.2 Å². The predicted molar refractivity (Wildman–Crippen MR) is 112 cm³/mol. The maximum Gasteiger partial charge on any atom is 0.348 e. The molecular weight excluding hydrogens is 394 g/mol. The number of hydrogen-bond donors (Lipinski definition) is 1. The predicted octanol–water partition coefficient (Wildman–Crippen LogP) is 4.07. The van der Waals surface area contributed by atoms with E-state index in [2.05, 4.69) is 5.32 Å². The van der Waals surface area contributed by atoms with Gasteiger partial charge in [0.05, 0.1) is 26.4 Å². The van der Waals surface area contributed by atoms with Crippen molar-refractivity contribution >= 4 is 40.3 Å². The molecule has 8 heteroatoms. The number of carbonyl (C=O) groups excluding carboxylic acids is 3. The largest absolute Gasteiger partial charge is 0.493 e. The molecule has 7 nitrogen and oxygen atoms in total. The molecule has 1 N–H and O–H groups in total. The van der Waals surface area contributed by atoms with Crippen molar-refractivity contribution in [3.8, 4) is 5.75 Å². The van der Waals surface area contributed by atoms with Crippen LogP contribution in [0.5, 0.6) is 5.75 Å². The Balaban J connectivity index is 2.26. The molecule has 0 spiro atoms. The van der Waals surface area contributed by atoms with Crippen molar-refractivity contribution in [1.29, 1.82) is 0 Å². The van der Waals surface area contributed by atoms with Crippen LogP contribution in [0.1, 0.15) is 44.5 Å². The van der Waals surface area contributed by atoms with E-state index in [1.165, 1.54) is 20.3 Å². The molecule has 0 bridgehead atoms. The maximum atomic E-state index is 12.4. The molecule has 154 valence electrons. The number of carbonyl (C=O) groups is 3. The van der Waals surface area contributed by atoms with E-state index in [9.17, 15) is 14.4 Å². The number of benzene rings is 1. The van der Waals surface area contributed by atoms with E-state index < -0.39 is 17.8 Å². The molecule has 0 saturated heterocycles. The number of hydrogen-bond acceptors (Lipinski definition) is 7. The highest BCUT2D eigenvalue weighted by atomic mass is 32.1. The smallest absolute Gasteiger partial charge is 0.348 e. The van der Waals surface area contributed by atoms with Crippen molar-refractivity contribution in [3.63, 3.8) is 0 Å². The number of para-hydroxylation sites is 1. The van der Waals surface area contributed by atoms with Gasteiger partial charge in [-0.25, -0.2) is 9.59 Å².